The van der Waals surface area contributed by atoms with E-state index in [1.807, 2.05) is 24.3 Å². The van der Waals surface area contributed by atoms with Gasteiger partial charge in [0.05, 0.1) is 0 Å². The van der Waals surface area contributed by atoms with Crippen molar-refractivity contribution < 1.29 is 24.2 Å². The summed E-state index contributed by atoms with van der Waals surface area (Å²) in [6.07, 6.45) is 1.55. The van der Waals surface area contributed by atoms with Crippen molar-refractivity contribution in [3.8, 4) is 11.1 Å². The van der Waals surface area contributed by atoms with Crippen LogP contribution in [0.1, 0.15) is 43.2 Å². The molecule has 0 saturated heterocycles. The standard InChI is InChI=1S/C25H28N2O5/c1-15(24(29)30)27-23(28)12-16-10-17(11-16)13-26-25(31)32-14-22-20-8-4-2-6-18(20)19-7-3-5-9-21(19)22/h2-9,15-17,22H,10-14H2,1H3,(H,26,31)(H,27,28)(H,29,30)/t15-,16?,17?/m1/s1. The van der Waals surface area contributed by atoms with Gasteiger partial charge in [-0.15, -0.1) is 0 Å². The summed E-state index contributed by atoms with van der Waals surface area (Å²) in [5.41, 5.74) is 4.75. The number of hydrogen-bond acceptors (Lipinski definition) is 4. The van der Waals surface area contributed by atoms with Gasteiger partial charge in [-0.2, -0.15) is 0 Å². The van der Waals surface area contributed by atoms with E-state index in [0.717, 1.165) is 12.8 Å². The molecule has 1 saturated carbocycles. The second-order valence-electron chi connectivity index (χ2n) is 8.74. The van der Waals surface area contributed by atoms with Gasteiger partial charge < -0.3 is 20.5 Å². The predicted octanol–water partition coefficient (Wildman–Crippen LogP) is 3.53. The van der Waals surface area contributed by atoms with Crippen molar-refractivity contribution in [2.45, 2.75) is 38.1 Å². The summed E-state index contributed by atoms with van der Waals surface area (Å²) in [6, 6.07) is 15.6. The first-order valence-electron chi connectivity index (χ1n) is 11.0. The Morgan fingerprint density at radius 2 is 1.59 bits per heavy atom. The van der Waals surface area contributed by atoms with E-state index >= 15 is 0 Å². The van der Waals surface area contributed by atoms with Crippen LogP contribution in [0.5, 0.6) is 0 Å². The monoisotopic (exact) mass is 436 g/mol. The maximum Gasteiger partial charge on any atom is 0.407 e. The third kappa shape index (κ3) is 4.77. The number of benzene rings is 2. The lowest BCUT2D eigenvalue weighted by molar-refractivity contribution is -0.141. The van der Waals surface area contributed by atoms with Gasteiger partial charge in [0.2, 0.25) is 5.91 Å². The number of nitrogens with one attached hydrogen (secondary N) is 2. The summed E-state index contributed by atoms with van der Waals surface area (Å²) in [6.45, 7) is 2.25. The van der Waals surface area contributed by atoms with Crippen LogP contribution in [-0.2, 0) is 14.3 Å². The molecule has 4 rings (SSSR count). The summed E-state index contributed by atoms with van der Waals surface area (Å²) in [7, 11) is 0. The average Bonchev–Trinajstić information content (AvgIpc) is 3.07. The molecule has 168 valence electrons. The second kappa shape index (κ2) is 9.42. The Morgan fingerprint density at radius 3 is 2.19 bits per heavy atom. The molecule has 0 aliphatic heterocycles. The molecule has 0 bridgehead atoms. The number of carbonyl (C=O) groups excluding carboxylic acids is 2. The highest BCUT2D eigenvalue weighted by Gasteiger charge is 2.32. The van der Waals surface area contributed by atoms with Gasteiger partial charge in [0, 0.05) is 18.9 Å². The zero-order chi connectivity index (χ0) is 22.7. The number of fused-ring (bicyclic) bond motifs is 3. The number of amides is 2. The number of ether oxygens (including phenoxy) is 1. The molecule has 3 N–H and O–H groups in total. The minimum atomic E-state index is -1.04. The van der Waals surface area contributed by atoms with Crippen LogP contribution in [0.4, 0.5) is 4.79 Å². The Balaban J connectivity index is 1.19. The lowest BCUT2D eigenvalue weighted by atomic mass is 9.73. The molecule has 0 aromatic heterocycles. The molecule has 2 aliphatic carbocycles. The fourth-order valence-electron chi connectivity index (χ4n) is 4.71. The van der Waals surface area contributed by atoms with Crippen LogP contribution in [0.2, 0.25) is 0 Å². The highest BCUT2D eigenvalue weighted by atomic mass is 16.5. The van der Waals surface area contributed by atoms with Crippen LogP contribution in [0.25, 0.3) is 11.1 Å². The molecule has 2 aromatic carbocycles. The Labute approximate surface area is 187 Å². The predicted molar refractivity (Wildman–Crippen MR) is 119 cm³/mol. The van der Waals surface area contributed by atoms with E-state index in [9.17, 15) is 14.4 Å². The summed E-state index contributed by atoms with van der Waals surface area (Å²) in [5, 5.41) is 14.2. The van der Waals surface area contributed by atoms with Gasteiger partial charge in [-0.1, -0.05) is 48.5 Å². The molecule has 0 unspecified atom stereocenters. The number of aliphatic carboxylic acids is 1. The molecule has 0 radical (unpaired) electrons. The van der Waals surface area contributed by atoms with Crippen LogP contribution in [-0.4, -0.2) is 42.3 Å². The Kier molecular flexibility index (Phi) is 6.44. The van der Waals surface area contributed by atoms with Gasteiger partial charge in [-0.25, -0.2) is 4.79 Å². The van der Waals surface area contributed by atoms with Crippen molar-refractivity contribution in [1.82, 2.24) is 10.6 Å². The average molecular weight is 437 g/mol. The Bertz CT molecular complexity index is 969. The minimum Gasteiger partial charge on any atom is -0.480 e. The largest absolute Gasteiger partial charge is 0.480 e. The second-order valence-corrected chi connectivity index (χ2v) is 8.74. The molecular weight excluding hydrogens is 408 g/mol. The first-order valence-corrected chi connectivity index (χ1v) is 11.0. The van der Waals surface area contributed by atoms with Crippen molar-refractivity contribution in [2.75, 3.05) is 13.2 Å². The van der Waals surface area contributed by atoms with Crippen molar-refractivity contribution >= 4 is 18.0 Å². The van der Waals surface area contributed by atoms with Gasteiger partial charge in [0.1, 0.15) is 12.6 Å². The minimum absolute atomic E-state index is 0.0351. The maximum absolute atomic E-state index is 12.3. The normalized spacial score (nSPS) is 19.8. The first-order chi connectivity index (χ1) is 15.4. The first kappa shape index (κ1) is 21.9. The molecule has 2 aromatic rings. The highest BCUT2D eigenvalue weighted by Crippen LogP contribution is 2.44. The quantitative estimate of drug-likeness (QED) is 0.587. The van der Waals surface area contributed by atoms with Gasteiger partial charge >= 0.3 is 12.1 Å². The summed E-state index contributed by atoms with van der Waals surface area (Å²) < 4.78 is 5.55. The topological polar surface area (TPSA) is 105 Å². The third-order valence-electron chi connectivity index (χ3n) is 6.43. The Hall–Kier alpha value is -3.35. The third-order valence-corrected chi connectivity index (χ3v) is 6.43. The van der Waals surface area contributed by atoms with Crippen LogP contribution in [0, 0.1) is 11.8 Å². The molecular formula is C25H28N2O5. The highest BCUT2D eigenvalue weighted by molar-refractivity contribution is 5.83. The Morgan fingerprint density at radius 1 is 1.00 bits per heavy atom. The smallest absolute Gasteiger partial charge is 0.407 e. The van der Waals surface area contributed by atoms with E-state index in [4.69, 9.17) is 9.84 Å². The lowest BCUT2D eigenvalue weighted by Gasteiger charge is -2.35. The van der Waals surface area contributed by atoms with Crippen LogP contribution in [0.15, 0.2) is 48.5 Å². The number of hydrogen-bond donors (Lipinski definition) is 3. The van der Waals surface area contributed by atoms with Crippen LogP contribution < -0.4 is 10.6 Å². The molecule has 2 amide bonds. The molecule has 0 heterocycles. The zero-order valence-corrected chi connectivity index (χ0v) is 18.0. The number of carbonyl (C=O) groups is 3. The fraction of sp³-hybridized carbons (Fsp3) is 0.400. The van der Waals surface area contributed by atoms with Crippen molar-refractivity contribution in [3.63, 3.8) is 0 Å². The molecule has 7 nitrogen and oxygen atoms in total. The van der Waals surface area contributed by atoms with E-state index < -0.39 is 18.1 Å². The number of alkyl carbamates (subject to hydrolysis) is 1. The van der Waals surface area contributed by atoms with E-state index in [2.05, 4.69) is 34.9 Å². The van der Waals surface area contributed by atoms with Gasteiger partial charge in [-0.3, -0.25) is 9.59 Å². The lowest BCUT2D eigenvalue weighted by Crippen LogP contribution is -2.42. The van der Waals surface area contributed by atoms with Crippen molar-refractivity contribution in [2.24, 2.45) is 11.8 Å². The van der Waals surface area contributed by atoms with Crippen LogP contribution in [0.3, 0.4) is 0 Å². The van der Waals surface area contributed by atoms with Crippen LogP contribution >= 0.6 is 0 Å². The molecule has 7 heteroatoms. The molecule has 2 aliphatic rings. The summed E-state index contributed by atoms with van der Waals surface area (Å²) >= 11 is 0. The summed E-state index contributed by atoms with van der Waals surface area (Å²) in [5.74, 6) is -0.714. The van der Waals surface area contributed by atoms with E-state index in [1.54, 1.807) is 0 Å². The zero-order valence-electron chi connectivity index (χ0n) is 18.0. The van der Waals surface area contributed by atoms with Crippen molar-refractivity contribution in [3.05, 3.63) is 59.7 Å². The van der Waals surface area contributed by atoms with E-state index in [1.165, 1.54) is 29.2 Å². The fourth-order valence-corrected chi connectivity index (χ4v) is 4.71. The molecule has 0 spiro atoms. The van der Waals surface area contributed by atoms with Gasteiger partial charge in [0.15, 0.2) is 0 Å². The summed E-state index contributed by atoms with van der Waals surface area (Å²) in [4.78, 5) is 34.9. The van der Waals surface area contributed by atoms with E-state index in [0.29, 0.717) is 18.9 Å². The van der Waals surface area contributed by atoms with Gasteiger partial charge in [-0.05, 0) is 53.9 Å². The maximum atomic E-state index is 12.3. The number of rotatable bonds is 8. The number of carboxylic acids is 1. The number of carboxylic acid groups (broad SMARTS) is 1. The van der Waals surface area contributed by atoms with E-state index in [-0.39, 0.29) is 24.3 Å². The molecule has 1 fully saturated rings. The van der Waals surface area contributed by atoms with Gasteiger partial charge in [0.25, 0.3) is 0 Å². The molecule has 1 atom stereocenters. The SMILES string of the molecule is C[C@@H](NC(=O)CC1CC(CNC(=O)OCC2c3ccccc3-c3ccccc32)C1)C(=O)O. The molecule has 32 heavy (non-hydrogen) atoms. The van der Waals surface area contributed by atoms with Crippen molar-refractivity contribution in [1.29, 1.82) is 0 Å².